The third-order valence-electron chi connectivity index (χ3n) is 3.36. The molecule has 1 N–H and O–H groups in total. The zero-order chi connectivity index (χ0) is 13.9. The first-order chi connectivity index (χ1) is 9.00. The Morgan fingerprint density at radius 1 is 1.26 bits per heavy atom. The molecule has 1 aromatic heterocycles. The zero-order valence-electron chi connectivity index (χ0n) is 10.7. The van der Waals surface area contributed by atoms with Gasteiger partial charge in [-0.3, -0.25) is 0 Å². The highest BCUT2D eigenvalue weighted by atomic mass is 19.4. The molecule has 0 amide bonds. The van der Waals surface area contributed by atoms with Gasteiger partial charge in [0, 0.05) is 12.1 Å². The summed E-state index contributed by atoms with van der Waals surface area (Å²) >= 11 is 0. The molecule has 0 aliphatic heterocycles. The van der Waals surface area contributed by atoms with Gasteiger partial charge in [-0.2, -0.15) is 13.2 Å². The average molecular weight is 274 g/mol. The summed E-state index contributed by atoms with van der Waals surface area (Å²) in [4.78, 5) is 3.53. The zero-order valence-corrected chi connectivity index (χ0v) is 10.7. The summed E-state index contributed by atoms with van der Waals surface area (Å²) < 4.78 is 43.3. The molecule has 1 aliphatic carbocycles. The van der Waals surface area contributed by atoms with Crippen LogP contribution in [0.2, 0.25) is 0 Å². The van der Waals surface area contributed by atoms with Crippen molar-refractivity contribution in [3.63, 3.8) is 0 Å². The topological polar surface area (TPSA) is 34.1 Å². The van der Waals surface area contributed by atoms with E-state index in [0.717, 1.165) is 31.7 Å². The second kappa shape index (κ2) is 5.77. The van der Waals surface area contributed by atoms with E-state index in [1.165, 1.54) is 12.1 Å². The van der Waals surface area contributed by atoms with Crippen molar-refractivity contribution in [1.29, 1.82) is 0 Å². The first-order valence-corrected chi connectivity index (χ1v) is 6.39. The van der Waals surface area contributed by atoms with E-state index in [4.69, 9.17) is 4.74 Å². The quantitative estimate of drug-likeness (QED) is 0.920. The van der Waals surface area contributed by atoms with E-state index in [-0.39, 0.29) is 18.0 Å². The smallest absolute Gasteiger partial charge is 0.433 e. The van der Waals surface area contributed by atoms with Gasteiger partial charge in [0.05, 0.1) is 0 Å². The Morgan fingerprint density at radius 3 is 2.68 bits per heavy atom. The minimum atomic E-state index is -4.44. The largest absolute Gasteiger partial charge is 0.473 e. The molecule has 6 heteroatoms. The van der Waals surface area contributed by atoms with Gasteiger partial charge in [-0.15, -0.1) is 0 Å². The lowest BCUT2D eigenvalue weighted by Crippen LogP contribution is -2.43. The monoisotopic (exact) mass is 274 g/mol. The van der Waals surface area contributed by atoms with Gasteiger partial charge in [-0.1, -0.05) is 12.5 Å². The van der Waals surface area contributed by atoms with E-state index >= 15 is 0 Å². The maximum atomic E-state index is 12.6. The van der Waals surface area contributed by atoms with Crippen LogP contribution in [0.5, 0.6) is 5.88 Å². The van der Waals surface area contributed by atoms with Crippen LogP contribution in [0.15, 0.2) is 18.2 Å². The standard InChI is InChI=1S/C13H17F3N2O/c1-17-9-5-2-3-6-10(9)19-12-8-4-7-11(18-12)13(14,15)16/h4,7-10,17H,2-3,5-6H2,1H3. The van der Waals surface area contributed by atoms with Crippen molar-refractivity contribution in [3.05, 3.63) is 23.9 Å². The number of pyridine rings is 1. The number of nitrogens with zero attached hydrogens (tertiary/aromatic N) is 1. The fourth-order valence-corrected chi connectivity index (χ4v) is 2.36. The van der Waals surface area contributed by atoms with Crippen molar-refractivity contribution in [3.8, 4) is 5.88 Å². The third kappa shape index (κ3) is 3.59. The van der Waals surface area contributed by atoms with Gasteiger partial charge < -0.3 is 10.1 Å². The summed E-state index contributed by atoms with van der Waals surface area (Å²) in [5, 5.41) is 3.14. The van der Waals surface area contributed by atoms with E-state index in [0.29, 0.717) is 0 Å². The highest BCUT2D eigenvalue weighted by molar-refractivity contribution is 5.18. The van der Waals surface area contributed by atoms with Gasteiger partial charge >= 0.3 is 6.18 Å². The molecule has 0 bridgehead atoms. The van der Waals surface area contributed by atoms with Crippen LogP contribution >= 0.6 is 0 Å². The lowest BCUT2D eigenvalue weighted by atomic mass is 9.92. The summed E-state index contributed by atoms with van der Waals surface area (Å²) in [6.45, 7) is 0. The molecule has 2 unspecified atom stereocenters. The molecular formula is C13H17F3N2O. The van der Waals surface area contributed by atoms with Crippen molar-refractivity contribution >= 4 is 0 Å². The van der Waals surface area contributed by atoms with Crippen molar-refractivity contribution in [2.75, 3.05) is 7.05 Å². The number of rotatable bonds is 3. The molecule has 1 aliphatic rings. The molecule has 0 aromatic carbocycles. The molecular weight excluding hydrogens is 257 g/mol. The molecule has 1 heterocycles. The number of likely N-dealkylation sites (N-methyl/N-ethyl adjacent to an activating group) is 1. The predicted octanol–water partition coefficient (Wildman–Crippen LogP) is 3.01. The van der Waals surface area contributed by atoms with Crippen LogP contribution in [0.25, 0.3) is 0 Å². The van der Waals surface area contributed by atoms with Crippen molar-refractivity contribution in [1.82, 2.24) is 10.3 Å². The Bertz CT molecular complexity index is 423. The Labute approximate surface area is 110 Å². The lowest BCUT2D eigenvalue weighted by molar-refractivity contribution is -0.141. The van der Waals surface area contributed by atoms with Crippen LogP contribution in [-0.2, 0) is 6.18 Å². The first-order valence-electron chi connectivity index (χ1n) is 6.39. The second-order valence-electron chi connectivity index (χ2n) is 4.69. The van der Waals surface area contributed by atoms with Crippen LogP contribution in [0.3, 0.4) is 0 Å². The predicted molar refractivity (Wildman–Crippen MR) is 65.0 cm³/mol. The molecule has 0 spiro atoms. The fourth-order valence-electron chi connectivity index (χ4n) is 2.36. The highest BCUT2D eigenvalue weighted by Crippen LogP contribution is 2.29. The van der Waals surface area contributed by atoms with Crippen LogP contribution < -0.4 is 10.1 Å². The molecule has 19 heavy (non-hydrogen) atoms. The Hall–Kier alpha value is -1.30. The Balaban J connectivity index is 2.10. The van der Waals surface area contributed by atoms with E-state index in [1.54, 1.807) is 0 Å². The Morgan fingerprint density at radius 2 is 2.00 bits per heavy atom. The van der Waals surface area contributed by atoms with Gasteiger partial charge in [-0.05, 0) is 32.4 Å². The van der Waals surface area contributed by atoms with Crippen molar-refractivity contribution < 1.29 is 17.9 Å². The first kappa shape index (κ1) is 14.1. The molecule has 106 valence electrons. The summed E-state index contributed by atoms with van der Waals surface area (Å²) in [5.74, 6) is 0.0435. The third-order valence-corrected chi connectivity index (χ3v) is 3.36. The van der Waals surface area contributed by atoms with Crippen LogP contribution in [0, 0.1) is 0 Å². The molecule has 0 radical (unpaired) electrons. The Kier molecular flexibility index (Phi) is 4.29. The van der Waals surface area contributed by atoms with Crippen LogP contribution in [-0.4, -0.2) is 24.2 Å². The van der Waals surface area contributed by atoms with Gasteiger partial charge in [0.15, 0.2) is 0 Å². The number of aromatic nitrogens is 1. The molecule has 2 rings (SSSR count). The van der Waals surface area contributed by atoms with Gasteiger partial charge in [0.2, 0.25) is 5.88 Å². The molecule has 0 saturated heterocycles. The van der Waals surface area contributed by atoms with Crippen molar-refractivity contribution in [2.24, 2.45) is 0 Å². The fraction of sp³-hybridized carbons (Fsp3) is 0.615. The van der Waals surface area contributed by atoms with Gasteiger partial charge in [-0.25, -0.2) is 4.98 Å². The van der Waals surface area contributed by atoms with Gasteiger partial charge in [0.1, 0.15) is 11.8 Å². The molecule has 3 nitrogen and oxygen atoms in total. The maximum absolute atomic E-state index is 12.6. The summed E-state index contributed by atoms with van der Waals surface area (Å²) in [6.07, 6.45) is -0.601. The molecule has 1 aromatic rings. The number of halogens is 3. The lowest BCUT2D eigenvalue weighted by Gasteiger charge is -2.31. The number of hydrogen-bond donors (Lipinski definition) is 1. The number of hydrogen-bond acceptors (Lipinski definition) is 3. The van der Waals surface area contributed by atoms with Crippen molar-refractivity contribution in [2.45, 2.75) is 44.0 Å². The molecule has 1 saturated carbocycles. The van der Waals surface area contributed by atoms with Gasteiger partial charge in [0.25, 0.3) is 0 Å². The minimum absolute atomic E-state index is 0.0435. The molecule has 2 atom stereocenters. The minimum Gasteiger partial charge on any atom is -0.473 e. The number of alkyl halides is 3. The summed E-state index contributed by atoms with van der Waals surface area (Å²) in [6, 6.07) is 3.91. The normalized spacial score (nSPS) is 24.2. The SMILES string of the molecule is CNC1CCCCC1Oc1cccc(C(F)(F)F)n1. The summed E-state index contributed by atoms with van der Waals surface area (Å²) in [7, 11) is 1.84. The van der Waals surface area contributed by atoms with Crippen LogP contribution in [0.4, 0.5) is 13.2 Å². The van der Waals surface area contributed by atoms with E-state index in [1.807, 2.05) is 7.05 Å². The maximum Gasteiger partial charge on any atom is 0.433 e. The van der Waals surface area contributed by atoms with Crippen LogP contribution in [0.1, 0.15) is 31.4 Å². The highest BCUT2D eigenvalue weighted by Gasteiger charge is 2.33. The number of nitrogens with one attached hydrogen (secondary N) is 1. The average Bonchev–Trinajstić information content (AvgIpc) is 2.39. The summed E-state index contributed by atoms with van der Waals surface area (Å²) in [5.41, 5.74) is -0.915. The van der Waals surface area contributed by atoms with E-state index in [2.05, 4.69) is 10.3 Å². The molecule has 1 fully saturated rings. The van der Waals surface area contributed by atoms with E-state index in [9.17, 15) is 13.2 Å². The second-order valence-corrected chi connectivity index (χ2v) is 4.69. The number of ether oxygens (including phenoxy) is 1. The van der Waals surface area contributed by atoms with E-state index < -0.39 is 11.9 Å².